The molecule has 22 heavy (non-hydrogen) atoms. The van der Waals surface area contributed by atoms with E-state index in [4.69, 9.17) is 4.74 Å². The Balaban J connectivity index is 1.79. The number of carbonyl (C=O) groups is 1. The zero-order valence-corrected chi connectivity index (χ0v) is 14.3. The lowest BCUT2D eigenvalue weighted by Crippen LogP contribution is -2.49. The molecule has 0 bridgehead atoms. The lowest BCUT2D eigenvalue weighted by molar-refractivity contribution is -0.121. The van der Waals surface area contributed by atoms with E-state index in [1.54, 1.807) is 0 Å². The molecule has 0 amide bonds. The molecule has 122 valence electrons. The van der Waals surface area contributed by atoms with E-state index < -0.39 is 0 Å². The number of Topliss-reactive ketones (excluding diaryl/α,β-unsaturated/α-hetero) is 1. The topological polar surface area (TPSA) is 38.3 Å². The Morgan fingerprint density at radius 1 is 1.27 bits per heavy atom. The lowest BCUT2D eigenvalue weighted by atomic mass is 9.88. The third-order valence-electron chi connectivity index (χ3n) is 4.17. The first-order chi connectivity index (χ1) is 10.4. The quantitative estimate of drug-likeness (QED) is 0.795. The van der Waals surface area contributed by atoms with Gasteiger partial charge < -0.3 is 10.1 Å². The van der Waals surface area contributed by atoms with Gasteiger partial charge in [0.25, 0.3) is 0 Å². The van der Waals surface area contributed by atoms with Crippen LogP contribution in [0.25, 0.3) is 0 Å². The van der Waals surface area contributed by atoms with Gasteiger partial charge in [-0.3, -0.25) is 4.79 Å². The van der Waals surface area contributed by atoms with E-state index in [9.17, 15) is 4.79 Å². The highest BCUT2D eigenvalue weighted by Crippen LogP contribution is 2.27. The van der Waals surface area contributed by atoms with Crippen molar-refractivity contribution in [2.45, 2.75) is 71.6 Å². The maximum atomic E-state index is 11.7. The molecule has 0 unspecified atom stereocenters. The van der Waals surface area contributed by atoms with Crippen molar-refractivity contribution in [2.75, 3.05) is 0 Å². The van der Waals surface area contributed by atoms with Gasteiger partial charge in [-0.05, 0) is 37.0 Å². The summed E-state index contributed by atoms with van der Waals surface area (Å²) in [5, 5.41) is 3.53. The van der Waals surface area contributed by atoms with Gasteiger partial charge in [0.15, 0.2) is 0 Å². The van der Waals surface area contributed by atoms with Gasteiger partial charge in [-0.1, -0.05) is 39.8 Å². The van der Waals surface area contributed by atoms with E-state index in [1.807, 2.05) is 26.0 Å². The molecule has 0 aliphatic heterocycles. The Kier molecular flexibility index (Phi) is 6.01. The van der Waals surface area contributed by atoms with Crippen LogP contribution in [0.2, 0.25) is 0 Å². The normalized spacial score (nSPS) is 21.0. The van der Waals surface area contributed by atoms with Crippen molar-refractivity contribution in [3.05, 3.63) is 29.8 Å². The second-order valence-corrected chi connectivity index (χ2v) is 7.00. The summed E-state index contributed by atoms with van der Waals surface area (Å²) < 4.78 is 6.03. The van der Waals surface area contributed by atoms with Gasteiger partial charge in [0.2, 0.25) is 0 Å². The predicted molar refractivity (Wildman–Crippen MR) is 90.3 cm³/mol. The smallest absolute Gasteiger partial charge is 0.135 e. The highest BCUT2D eigenvalue weighted by molar-refractivity contribution is 5.80. The number of aryl methyl sites for hydroxylation is 1. The van der Waals surface area contributed by atoms with Crippen molar-refractivity contribution in [1.82, 2.24) is 5.32 Å². The first-order valence-corrected chi connectivity index (χ1v) is 8.48. The van der Waals surface area contributed by atoms with E-state index in [0.29, 0.717) is 30.4 Å². The van der Waals surface area contributed by atoms with Crippen LogP contribution in [0.5, 0.6) is 5.75 Å². The fourth-order valence-electron chi connectivity index (χ4n) is 2.79. The summed E-state index contributed by atoms with van der Waals surface area (Å²) in [5.74, 6) is 1.38. The number of rotatable bonds is 8. The minimum absolute atomic E-state index is 0.125. The van der Waals surface area contributed by atoms with Crippen LogP contribution in [-0.4, -0.2) is 24.0 Å². The SMILES string of the molecule is CC(C)NC1CC(Oc2cccc(CCC(=O)C(C)C)c2)C1. The molecule has 0 heterocycles. The number of carbonyl (C=O) groups excluding carboxylic acids is 1. The first kappa shape index (κ1) is 17.0. The van der Waals surface area contributed by atoms with Crippen LogP contribution in [-0.2, 0) is 11.2 Å². The average molecular weight is 303 g/mol. The fraction of sp³-hybridized carbons (Fsp3) is 0.632. The molecular formula is C19H29NO2. The summed E-state index contributed by atoms with van der Waals surface area (Å²) in [6.07, 6.45) is 3.90. The Morgan fingerprint density at radius 2 is 2.00 bits per heavy atom. The fourth-order valence-corrected chi connectivity index (χ4v) is 2.79. The Labute approximate surface area is 134 Å². The van der Waals surface area contributed by atoms with Gasteiger partial charge in [-0.15, -0.1) is 0 Å². The second-order valence-electron chi connectivity index (χ2n) is 7.00. The van der Waals surface area contributed by atoms with Gasteiger partial charge >= 0.3 is 0 Å². The molecule has 0 saturated heterocycles. The van der Waals surface area contributed by atoms with Crippen LogP contribution < -0.4 is 10.1 Å². The summed E-state index contributed by atoms with van der Waals surface area (Å²) in [6, 6.07) is 9.31. The molecule has 3 nitrogen and oxygen atoms in total. The van der Waals surface area contributed by atoms with Crippen molar-refractivity contribution >= 4 is 5.78 Å². The third-order valence-corrected chi connectivity index (χ3v) is 4.17. The number of hydrogen-bond donors (Lipinski definition) is 1. The van der Waals surface area contributed by atoms with Gasteiger partial charge in [0, 0.05) is 24.4 Å². The molecule has 1 aliphatic carbocycles. The molecule has 0 atom stereocenters. The van der Waals surface area contributed by atoms with Crippen LogP contribution in [0.4, 0.5) is 0 Å². The molecule has 1 fully saturated rings. The van der Waals surface area contributed by atoms with Crippen molar-refractivity contribution in [2.24, 2.45) is 5.92 Å². The number of nitrogens with one attached hydrogen (secondary N) is 1. The van der Waals surface area contributed by atoms with E-state index in [-0.39, 0.29) is 5.92 Å². The minimum atomic E-state index is 0.125. The molecule has 0 radical (unpaired) electrons. The standard InChI is InChI=1S/C19H29NO2/c1-13(2)19(21)9-8-15-6-5-7-17(10-15)22-18-11-16(12-18)20-14(3)4/h5-7,10,13-14,16,18,20H,8-9,11-12H2,1-4H3. The van der Waals surface area contributed by atoms with Gasteiger partial charge in [-0.25, -0.2) is 0 Å². The van der Waals surface area contributed by atoms with Crippen LogP contribution in [0.15, 0.2) is 24.3 Å². The van der Waals surface area contributed by atoms with Crippen LogP contribution >= 0.6 is 0 Å². The van der Waals surface area contributed by atoms with Crippen molar-refractivity contribution in [3.63, 3.8) is 0 Å². The highest BCUT2D eigenvalue weighted by atomic mass is 16.5. The van der Waals surface area contributed by atoms with E-state index in [1.165, 1.54) is 5.56 Å². The van der Waals surface area contributed by atoms with Gasteiger partial charge in [0.05, 0.1) is 0 Å². The van der Waals surface area contributed by atoms with Crippen molar-refractivity contribution in [1.29, 1.82) is 0 Å². The summed E-state index contributed by atoms with van der Waals surface area (Å²) in [4.78, 5) is 11.7. The van der Waals surface area contributed by atoms with Crippen LogP contribution in [0, 0.1) is 5.92 Å². The van der Waals surface area contributed by atoms with Crippen LogP contribution in [0.3, 0.4) is 0 Å². The molecule has 1 aromatic rings. The molecule has 1 saturated carbocycles. The molecule has 0 aromatic heterocycles. The summed E-state index contributed by atoms with van der Waals surface area (Å²) in [7, 11) is 0. The number of ketones is 1. The van der Waals surface area contributed by atoms with Gasteiger partial charge in [0.1, 0.15) is 17.6 Å². The summed E-state index contributed by atoms with van der Waals surface area (Å²) in [5.41, 5.74) is 1.18. The molecule has 1 aliphatic rings. The van der Waals surface area contributed by atoms with E-state index in [2.05, 4.69) is 31.3 Å². The summed E-state index contributed by atoms with van der Waals surface area (Å²) in [6.45, 7) is 8.27. The molecule has 3 heteroatoms. The largest absolute Gasteiger partial charge is 0.490 e. The molecule has 2 rings (SSSR count). The van der Waals surface area contributed by atoms with Crippen molar-refractivity contribution in [3.8, 4) is 5.75 Å². The van der Waals surface area contributed by atoms with Crippen molar-refractivity contribution < 1.29 is 9.53 Å². The summed E-state index contributed by atoms with van der Waals surface area (Å²) >= 11 is 0. The van der Waals surface area contributed by atoms with Crippen LogP contribution in [0.1, 0.15) is 52.5 Å². The second kappa shape index (κ2) is 7.77. The number of hydrogen-bond acceptors (Lipinski definition) is 3. The maximum absolute atomic E-state index is 11.7. The van der Waals surface area contributed by atoms with E-state index >= 15 is 0 Å². The third kappa shape index (κ3) is 5.13. The number of benzene rings is 1. The molecular weight excluding hydrogens is 274 g/mol. The Morgan fingerprint density at radius 3 is 2.64 bits per heavy atom. The monoisotopic (exact) mass is 303 g/mol. The average Bonchev–Trinajstić information content (AvgIpc) is 2.42. The van der Waals surface area contributed by atoms with E-state index in [0.717, 1.165) is 25.0 Å². The Bertz CT molecular complexity index is 490. The lowest BCUT2D eigenvalue weighted by Gasteiger charge is -2.37. The molecule has 1 aromatic carbocycles. The zero-order valence-electron chi connectivity index (χ0n) is 14.3. The number of ether oxygens (including phenoxy) is 1. The molecule has 0 spiro atoms. The van der Waals surface area contributed by atoms with Gasteiger partial charge in [-0.2, -0.15) is 0 Å². The zero-order chi connectivity index (χ0) is 16.1. The Hall–Kier alpha value is -1.35. The predicted octanol–water partition coefficient (Wildman–Crippen LogP) is 3.75. The first-order valence-electron chi connectivity index (χ1n) is 8.48. The maximum Gasteiger partial charge on any atom is 0.135 e. The minimum Gasteiger partial charge on any atom is -0.490 e. The molecule has 1 N–H and O–H groups in total. The highest BCUT2D eigenvalue weighted by Gasteiger charge is 2.30.